The van der Waals surface area contributed by atoms with E-state index in [-0.39, 0.29) is 17.0 Å². The fraction of sp³-hybridized carbons (Fsp3) is 0.391. The molecule has 8 nitrogen and oxygen atoms in total. The number of rotatable bonds is 11. The van der Waals surface area contributed by atoms with Gasteiger partial charge in [-0.1, -0.05) is 26.7 Å². The number of sulfonamides is 1. The lowest BCUT2D eigenvalue weighted by molar-refractivity contribution is 0.0949. The van der Waals surface area contributed by atoms with Crippen molar-refractivity contribution in [2.75, 3.05) is 13.1 Å². The third kappa shape index (κ3) is 5.46. The summed E-state index contributed by atoms with van der Waals surface area (Å²) in [4.78, 5) is 27.7. The minimum atomic E-state index is -3.74. The number of hydrogen-bond acceptors (Lipinski definition) is 5. The van der Waals surface area contributed by atoms with Gasteiger partial charge in [0.05, 0.1) is 23.3 Å². The lowest BCUT2D eigenvalue weighted by atomic mass is 10.1. The van der Waals surface area contributed by atoms with Crippen molar-refractivity contribution in [3.63, 3.8) is 0 Å². The molecular formula is C23H29N3O5S. The molecule has 3 aromatic rings. The normalized spacial score (nSPS) is 11.8. The van der Waals surface area contributed by atoms with Crippen LogP contribution in [0.15, 0.2) is 56.8 Å². The highest BCUT2D eigenvalue weighted by Crippen LogP contribution is 2.24. The maximum atomic E-state index is 13.4. The molecule has 32 heavy (non-hydrogen) atoms. The van der Waals surface area contributed by atoms with Crippen molar-refractivity contribution in [2.24, 2.45) is 0 Å². The Labute approximate surface area is 187 Å². The third-order valence-corrected chi connectivity index (χ3v) is 7.12. The third-order valence-electron chi connectivity index (χ3n) is 5.22. The molecule has 172 valence electrons. The van der Waals surface area contributed by atoms with E-state index in [1.807, 2.05) is 13.8 Å². The van der Waals surface area contributed by atoms with E-state index in [0.717, 1.165) is 25.7 Å². The summed E-state index contributed by atoms with van der Waals surface area (Å²) in [6.45, 7) is 5.08. The highest BCUT2D eigenvalue weighted by molar-refractivity contribution is 7.89. The molecular weight excluding hydrogens is 430 g/mol. The van der Waals surface area contributed by atoms with E-state index < -0.39 is 21.5 Å². The number of amides is 1. The summed E-state index contributed by atoms with van der Waals surface area (Å²) in [5.41, 5.74) is 0.0676. The molecule has 3 rings (SSSR count). The molecule has 0 unspecified atom stereocenters. The van der Waals surface area contributed by atoms with Gasteiger partial charge in [0.15, 0.2) is 0 Å². The zero-order valence-corrected chi connectivity index (χ0v) is 19.2. The number of aromatic amines is 1. The second kappa shape index (κ2) is 10.6. The van der Waals surface area contributed by atoms with E-state index >= 15 is 0 Å². The second-order valence-electron chi connectivity index (χ2n) is 7.63. The van der Waals surface area contributed by atoms with Gasteiger partial charge in [-0.05, 0) is 43.2 Å². The van der Waals surface area contributed by atoms with Crippen molar-refractivity contribution < 1.29 is 17.6 Å². The predicted octanol–water partition coefficient (Wildman–Crippen LogP) is 3.64. The molecule has 2 N–H and O–H groups in total. The van der Waals surface area contributed by atoms with Crippen LogP contribution in [0.4, 0.5) is 0 Å². The maximum absolute atomic E-state index is 13.4. The van der Waals surface area contributed by atoms with Gasteiger partial charge in [-0.3, -0.25) is 9.59 Å². The van der Waals surface area contributed by atoms with E-state index in [1.54, 1.807) is 12.1 Å². The van der Waals surface area contributed by atoms with Crippen LogP contribution in [0.25, 0.3) is 10.9 Å². The van der Waals surface area contributed by atoms with E-state index in [1.165, 1.54) is 34.8 Å². The van der Waals surface area contributed by atoms with Crippen LogP contribution in [-0.4, -0.2) is 36.7 Å². The molecule has 0 atom stereocenters. The number of furan rings is 1. The average Bonchev–Trinajstić information content (AvgIpc) is 3.30. The summed E-state index contributed by atoms with van der Waals surface area (Å²) >= 11 is 0. The van der Waals surface area contributed by atoms with Crippen molar-refractivity contribution in [3.05, 3.63) is 64.3 Å². The number of hydrogen-bond donors (Lipinski definition) is 2. The van der Waals surface area contributed by atoms with Crippen LogP contribution in [0.2, 0.25) is 0 Å². The number of unbranched alkanes of at least 4 members (excludes halogenated alkanes) is 2. The molecule has 2 aromatic heterocycles. The summed E-state index contributed by atoms with van der Waals surface area (Å²) in [6, 6.07) is 9.09. The molecule has 0 spiro atoms. The Balaban J connectivity index is 1.98. The maximum Gasteiger partial charge on any atom is 0.252 e. The Kier molecular flexibility index (Phi) is 7.87. The van der Waals surface area contributed by atoms with E-state index in [9.17, 15) is 18.0 Å². The number of fused-ring (bicyclic) bond motifs is 1. The Morgan fingerprint density at radius 1 is 1.09 bits per heavy atom. The summed E-state index contributed by atoms with van der Waals surface area (Å²) < 4.78 is 33.4. The van der Waals surface area contributed by atoms with Crippen molar-refractivity contribution in [1.29, 1.82) is 0 Å². The zero-order chi connectivity index (χ0) is 23.1. The Bertz CT molecular complexity index is 1210. The van der Waals surface area contributed by atoms with Gasteiger partial charge >= 0.3 is 0 Å². The molecule has 9 heteroatoms. The average molecular weight is 460 g/mol. The van der Waals surface area contributed by atoms with Crippen LogP contribution in [0.5, 0.6) is 0 Å². The standard InChI is InChI=1S/C23H29N3O5S/c1-3-5-11-26(12-6-4-2)32(29,30)18-9-10-21-19(14-18)20(15-22(27)25-21)23(28)24-16-17-8-7-13-31-17/h7-10,13-15H,3-6,11-12,16H2,1-2H3,(H,24,28)(H,25,27). The molecule has 1 amide bonds. The van der Waals surface area contributed by atoms with Crippen molar-refractivity contribution in [2.45, 2.75) is 51.0 Å². The molecule has 0 aliphatic carbocycles. The van der Waals surface area contributed by atoms with Crippen LogP contribution in [0.3, 0.4) is 0 Å². The van der Waals surface area contributed by atoms with Gasteiger partial charge in [-0.15, -0.1) is 0 Å². The first-order chi connectivity index (χ1) is 15.4. The molecule has 0 saturated carbocycles. The molecule has 0 bridgehead atoms. The van der Waals surface area contributed by atoms with E-state index in [4.69, 9.17) is 4.42 Å². The fourth-order valence-corrected chi connectivity index (χ4v) is 4.97. The summed E-state index contributed by atoms with van der Waals surface area (Å²) in [5.74, 6) is 0.0825. The first-order valence-corrected chi connectivity index (χ1v) is 12.3. The monoisotopic (exact) mass is 459 g/mol. The van der Waals surface area contributed by atoms with Crippen LogP contribution < -0.4 is 10.9 Å². The lowest BCUT2D eigenvalue weighted by Gasteiger charge is -2.22. The number of aromatic nitrogens is 1. The zero-order valence-electron chi connectivity index (χ0n) is 18.4. The number of H-pyrrole nitrogens is 1. The molecule has 0 fully saturated rings. The number of nitrogens with zero attached hydrogens (tertiary/aromatic N) is 1. The number of benzene rings is 1. The predicted molar refractivity (Wildman–Crippen MR) is 123 cm³/mol. The summed E-state index contributed by atoms with van der Waals surface area (Å²) in [6.07, 6.45) is 4.81. The lowest BCUT2D eigenvalue weighted by Crippen LogP contribution is -2.33. The van der Waals surface area contributed by atoms with Gasteiger partial charge in [0, 0.05) is 30.1 Å². The van der Waals surface area contributed by atoms with Crippen LogP contribution in [-0.2, 0) is 16.6 Å². The van der Waals surface area contributed by atoms with Gasteiger partial charge in [-0.2, -0.15) is 4.31 Å². The number of nitrogens with one attached hydrogen (secondary N) is 2. The van der Waals surface area contributed by atoms with Crippen molar-refractivity contribution in [3.8, 4) is 0 Å². The Morgan fingerprint density at radius 2 is 1.81 bits per heavy atom. The minimum Gasteiger partial charge on any atom is -0.467 e. The fourth-order valence-electron chi connectivity index (χ4n) is 3.43. The Morgan fingerprint density at radius 3 is 2.44 bits per heavy atom. The van der Waals surface area contributed by atoms with Gasteiger partial charge in [0.1, 0.15) is 5.76 Å². The molecule has 0 aliphatic heterocycles. The quantitative estimate of drug-likeness (QED) is 0.455. The van der Waals surface area contributed by atoms with Crippen molar-refractivity contribution in [1.82, 2.24) is 14.6 Å². The topological polar surface area (TPSA) is 112 Å². The van der Waals surface area contributed by atoms with Gasteiger partial charge < -0.3 is 14.7 Å². The summed E-state index contributed by atoms with van der Waals surface area (Å²) in [5, 5.41) is 3.08. The SMILES string of the molecule is CCCCN(CCCC)S(=O)(=O)c1ccc2[nH]c(=O)cc(C(=O)NCc3ccco3)c2c1. The second-order valence-corrected chi connectivity index (χ2v) is 9.57. The van der Waals surface area contributed by atoms with Gasteiger partial charge in [-0.25, -0.2) is 8.42 Å². The summed E-state index contributed by atoms with van der Waals surface area (Å²) in [7, 11) is -3.74. The van der Waals surface area contributed by atoms with Gasteiger partial charge in [0.25, 0.3) is 5.91 Å². The highest BCUT2D eigenvalue weighted by Gasteiger charge is 2.25. The van der Waals surface area contributed by atoms with E-state index in [0.29, 0.717) is 29.8 Å². The Hall–Kier alpha value is -2.91. The molecule has 2 heterocycles. The molecule has 0 aliphatic rings. The number of pyridine rings is 1. The largest absolute Gasteiger partial charge is 0.467 e. The van der Waals surface area contributed by atoms with Gasteiger partial charge in [0.2, 0.25) is 15.6 Å². The van der Waals surface area contributed by atoms with Crippen LogP contribution in [0, 0.1) is 0 Å². The number of carbonyl (C=O) groups excluding carboxylic acids is 1. The highest BCUT2D eigenvalue weighted by atomic mass is 32.2. The van der Waals surface area contributed by atoms with E-state index in [2.05, 4.69) is 10.3 Å². The smallest absolute Gasteiger partial charge is 0.252 e. The minimum absolute atomic E-state index is 0.101. The van der Waals surface area contributed by atoms with Crippen LogP contribution in [0.1, 0.15) is 55.6 Å². The molecule has 0 saturated heterocycles. The molecule has 1 aromatic carbocycles. The van der Waals surface area contributed by atoms with Crippen molar-refractivity contribution >= 4 is 26.8 Å². The van der Waals surface area contributed by atoms with Crippen LogP contribution >= 0.6 is 0 Å². The molecule has 0 radical (unpaired) electrons. The number of carbonyl (C=O) groups is 1. The first kappa shape index (κ1) is 23.7. The first-order valence-electron chi connectivity index (χ1n) is 10.8.